The average Bonchev–Trinajstić information content (AvgIpc) is 3.26. The Labute approximate surface area is 241 Å². The first-order valence-corrected chi connectivity index (χ1v) is 14.8. The van der Waals surface area contributed by atoms with E-state index in [1.54, 1.807) is 0 Å². The Hall–Kier alpha value is -3.33. The van der Waals surface area contributed by atoms with E-state index in [4.69, 9.17) is 0 Å². The molecule has 2 aliphatic rings. The number of nitrogens with zero attached hydrogens (tertiary/aromatic N) is 1. The summed E-state index contributed by atoms with van der Waals surface area (Å²) >= 11 is 0. The van der Waals surface area contributed by atoms with Gasteiger partial charge in [0.05, 0.1) is 24.1 Å². The van der Waals surface area contributed by atoms with Crippen LogP contribution in [0.1, 0.15) is 70.9 Å². The van der Waals surface area contributed by atoms with Crippen molar-refractivity contribution in [3.05, 3.63) is 101 Å². The number of hydrogen-bond acceptors (Lipinski definition) is 5. The molecule has 0 amide bonds. The maximum Gasteiger partial charge on any atom is 0.0820 e. The lowest BCUT2D eigenvalue weighted by atomic mass is 9.86. The Kier molecular flexibility index (Phi) is 10.3. The number of aliphatic hydroxyl groups excluding tert-OH is 1. The molecule has 2 aliphatic carbocycles. The molecule has 212 valence electrons. The van der Waals surface area contributed by atoms with Gasteiger partial charge in [-0.15, -0.1) is 0 Å². The monoisotopic (exact) mass is 538 g/mol. The number of benzene rings is 2. The Morgan fingerprint density at radius 1 is 1.12 bits per heavy atom. The lowest BCUT2D eigenvalue weighted by Gasteiger charge is -2.29. The van der Waals surface area contributed by atoms with Gasteiger partial charge >= 0.3 is 0 Å². The van der Waals surface area contributed by atoms with Crippen LogP contribution in [0.2, 0.25) is 0 Å². The molecule has 0 aliphatic heterocycles. The van der Waals surface area contributed by atoms with Gasteiger partial charge < -0.3 is 15.8 Å². The quantitative estimate of drug-likeness (QED) is 0.220. The summed E-state index contributed by atoms with van der Waals surface area (Å²) in [6, 6.07) is 21.4. The molecule has 0 aromatic heterocycles. The van der Waals surface area contributed by atoms with Crippen LogP contribution in [-0.2, 0) is 11.8 Å². The number of rotatable bonds is 12. The molecule has 2 aromatic rings. The molecule has 5 nitrogen and oxygen atoms in total. The number of anilines is 1. The fraction of sp³-hybridized carbons (Fsp3) is 0.457. The Morgan fingerprint density at radius 2 is 1.88 bits per heavy atom. The van der Waals surface area contributed by atoms with Crippen LogP contribution in [0.5, 0.6) is 0 Å². The topological polar surface area (TPSA) is 80.1 Å². The molecule has 5 heteroatoms. The Morgan fingerprint density at radius 3 is 2.55 bits per heavy atom. The average molecular weight is 539 g/mol. The zero-order valence-electron chi connectivity index (χ0n) is 24.6. The fourth-order valence-electron chi connectivity index (χ4n) is 5.84. The van der Waals surface area contributed by atoms with Crippen molar-refractivity contribution in [2.24, 2.45) is 11.8 Å². The van der Waals surface area contributed by atoms with E-state index >= 15 is 0 Å². The molecular formula is C35H46N4O. The van der Waals surface area contributed by atoms with Crippen molar-refractivity contribution in [1.29, 1.82) is 5.26 Å². The highest BCUT2D eigenvalue weighted by atomic mass is 16.3. The fourth-order valence-corrected chi connectivity index (χ4v) is 5.84. The first-order chi connectivity index (χ1) is 19.3. The van der Waals surface area contributed by atoms with E-state index in [1.165, 1.54) is 22.3 Å². The van der Waals surface area contributed by atoms with E-state index in [2.05, 4.69) is 117 Å². The second-order valence-electron chi connectivity index (χ2n) is 12.2. The molecule has 4 rings (SSSR count). The van der Waals surface area contributed by atoms with Crippen molar-refractivity contribution < 1.29 is 5.11 Å². The van der Waals surface area contributed by atoms with E-state index in [1.807, 2.05) is 6.07 Å². The van der Waals surface area contributed by atoms with Gasteiger partial charge in [0.15, 0.2) is 0 Å². The molecule has 4 atom stereocenters. The van der Waals surface area contributed by atoms with Gasteiger partial charge in [-0.05, 0) is 72.8 Å². The third-order valence-electron chi connectivity index (χ3n) is 8.09. The van der Waals surface area contributed by atoms with E-state index in [0.717, 1.165) is 43.5 Å². The zero-order valence-corrected chi connectivity index (χ0v) is 24.6. The SMILES string of the molecule is CC/C=C(\NC1C2=C(CCC=C2)CC1O)C(Cc1ccccc1)CC(C#N)CNNc1ccc(C(C)(C)C)cc1. The van der Waals surface area contributed by atoms with Gasteiger partial charge in [0.25, 0.3) is 0 Å². The first kappa shape index (κ1) is 29.6. The van der Waals surface area contributed by atoms with Crippen molar-refractivity contribution in [3.63, 3.8) is 0 Å². The normalized spacial score (nSPS) is 20.6. The maximum atomic E-state index is 11.0. The molecular weight excluding hydrogens is 492 g/mol. The van der Waals surface area contributed by atoms with Crippen molar-refractivity contribution in [2.75, 3.05) is 12.0 Å². The van der Waals surface area contributed by atoms with E-state index in [-0.39, 0.29) is 23.3 Å². The molecule has 0 heterocycles. The van der Waals surface area contributed by atoms with Gasteiger partial charge in [0, 0.05) is 23.8 Å². The first-order valence-electron chi connectivity index (χ1n) is 14.8. The minimum atomic E-state index is -0.423. The second kappa shape index (κ2) is 13.8. The maximum absolute atomic E-state index is 11.0. The summed E-state index contributed by atoms with van der Waals surface area (Å²) in [6.07, 6.45) is 11.5. The third kappa shape index (κ3) is 7.87. The van der Waals surface area contributed by atoms with Crippen LogP contribution in [0, 0.1) is 23.2 Å². The van der Waals surface area contributed by atoms with Gasteiger partial charge in [-0.3, -0.25) is 0 Å². The molecule has 0 saturated heterocycles. The number of nitrogens with one attached hydrogen (secondary N) is 3. The number of aliphatic hydroxyl groups is 1. The van der Waals surface area contributed by atoms with Crippen molar-refractivity contribution in [2.45, 2.75) is 83.8 Å². The highest BCUT2D eigenvalue weighted by Crippen LogP contribution is 2.36. The summed E-state index contributed by atoms with van der Waals surface area (Å²) in [4.78, 5) is 0. The minimum Gasteiger partial charge on any atom is -0.390 e. The van der Waals surface area contributed by atoms with Crippen LogP contribution in [-0.4, -0.2) is 23.8 Å². The third-order valence-corrected chi connectivity index (χ3v) is 8.09. The molecule has 0 radical (unpaired) electrons. The van der Waals surface area contributed by atoms with E-state index in [9.17, 15) is 10.4 Å². The van der Waals surface area contributed by atoms with Gasteiger partial charge in [-0.2, -0.15) is 5.26 Å². The molecule has 0 fully saturated rings. The van der Waals surface area contributed by atoms with Gasteiger partial charge in [-0.25, -0.2) is 5.43 Å². The largest absolute Gasteiger partial charge is 0.390 e. The summed E-state index contributed by atoms with van der Waals surface area (Å²) in [5, 5.41) is 24.9. The molecule has 2 aromatic carbocycles. The summed E-state index contributed by atoms with van der Waals surface area (Å²) in [6.45, 7) is 9.31. The summed E-state index contributed by atoms with van der Waals surface area (Å²) in [7, 11) is 0. The molecule has 4 N–H and O–H groups in total. The van der Waals surface area contributed by atoms with Crippen LogP contribution in [0.25, 0.3) is 0 Å². The van der Waals surface area contributed by atoms with Crippen molar-refractivity contribution in [3.8, 4) is 6.07 Å². The smallest absolute Gasteiger partial charge is 0.0820 e. The Bertz CT molecular complexity index is 1230. The van der Waals surface area contributed by atoms with Gasteiger partial charge in [-0.1, -0.05) is 94.0 Å². The number of hydrazine groups is 1. The minimum absolute atomic E-state index is 0.0981. The molecule has 40 heavy (non-hydrogen) atoms. The molecule has 0 spiro atoms. The van der Waals surface area contributed by atoms with Crippen LogP contribution >= 0.6 is 0 Å². The lowest BCUT2D eigenvalue weighted by Crippen LogP contribution is -2.40. The van der Waals surface area contributed by atoms with Crippen LogP contribution in [0.4, 0.5) is 5.69 Å². The summed E-state index contributed by atoms with van der Waals surface area (Å²) in [5.74, 6) is -0.0562. The number of nitriles is 1. The molecule has 4 unspecified atom stereocenters. The predicted molar refractivity (Wildman–Crippen MR) is 165 cm³/mol. The zero-order chi connectivity index (χ0) is 28.5. The lowest BCUT2D eigenvalue weighted by molar-refractivity contribution is 0.156. The highest BCUT2D eigenvalue weighted by Gasteiger charge is 2.34. The standard InChI is InChI=1S/C35H46N4O/c1-5-11-32(38-34-31-15-10-9-14-27(31)22-33(34)40)28(20-25-12-7-6-8-13-25)21-26(23-36)24-37-39-30-18-16-29(17-19-30)35(2,3)4/h6-8,10-13,15-19,26,28,33-34,37-40H,5,9,14,20-22,24H2,1-4H3/b32-11-. The predicted octanol–water partition coefficient (Wildman–Crippen LogP) is 6.95. The van der Waals surface area contributed by atoms with Crippen LogP contribution in [0.15, 0.2) is 89.7 Å². The number of allylic oxidation sites excluding steroid dienone is 3. The van der Waals surface area contributed by atoms with E-state index in [0.29, 0.717) is 13.0 Å². The van der Waals surface area contributed by atoms with Gasteiger partial charge in [0.1, 0.15) is 0 Å². The van der Waals surface area contributed by atoms with Crippen molar-refractivity contribution >= 4 is 5.69 Å². The molecule has 0 bridgehead atoms. The van der Waals surface area contributed by atoms with Crippen LogP contribution < -0.4 is 16.2 Å². The Balaban J connectivity index is 1.46. The highest BCUT2D eigenvalue weighted by molar-refractivity contribution is 5.45. The van der Waals surface area contributed by atoms with Gasteiger partial charge in [0.2, 0.25) is 0 Å². The van der Waals surface area contributed by atoms with E-state index < -0.39 is 6.10 Å². The summed E-state index contributed by atoms with van der Waals surface area (Å²) < 4.78 is 0. The molecule has 0 saturated carbocycles. The van der Waals surface area contributed by atoms with Crippen molar-refractivity contribution in [1.82, 2.24) is 10.7 Å². The van der Waals surface area contributed by atoms with Crippen LogP contribution in [0.3, 0.4) is 0 Å². The second-order valence-corrected chi connectivity index (χ2v) is 12.2. The number of hydrogen-bond donors (Lipinski definition) is 4. The summed E-state index contributed by atoms with van der Waals surface area (Å²) in [5.41, 5.74) is 14.0.